The van der Waals surface area contributed by atoms with E-state index in [4.69, 9.17) is 10.5 Å². The maximum atomic E-state index is 11.3. The quantitative estimate of drug-likeness (QED) is 0.467. The molecule has 0 aromatic heterocycles. The van der Waals surface area contributed by atoms with E-state index in [9.17, 15) is 14.7 Å². The van der Waals surface area contributed by atoms with Crippen molar-refractivity contribution in [3.8, 4) is 5.75 Å². The topological polar surface area (TPSA) is 126 Å². The normalized spacial score (nSPS) is 28.4. The molecule has 0 aliphatic carbocycles. The molecule has 106 valence electrons. The lowest BCUT2D eigenvalue weighted by atomic mass is 9.90. The van der Waals surface area contributed by atoms with Gasteiger partial charge in [0.1, 0.15) is 11.8 Å². The zero-order valence-corrected chi connectivity index (χ0v) is 10.4. The van der Waals surface area contributed by atoms with E-state index in [2.05, 4.69) is 16.2 Å². The van der Waals surface area contributed by atoms with Crippen molar-refractivity contribution in [1.82, 2.24) is 10.9 Å². The Kier molecular flexibility index (Phi) is 3.05. The van der Waals surface area contributed by atoms with Gasteiger partial charge in [-0.05, 0) is 17.7 Å². The van der Waals surface area contributed by atoms with Gasteiger partial charge in [0.05, 0.1) is 11.9 Å². The standard InChI is InChI=1S/C12H14N4O4/c13-11-9(10(12(18)19)15-16-11)5-1-2-7-6(3-5)14-8(17)4-20-7/h1-3,9-11,15-16H,4,13H2,(H,14,17)(H,18,19). The van der Waals surface area contributed by atoms with Gasteiger partial charge in [0, 0.05) is 5.92 Å². The average Bonchev–Trinajstić information content (AvgIpc) is 2.80. The maximum absolute atomic E-state index is 11.3. The number of anilines is 1. The van der Waals surface area contributed by atoms with Gasteiger partial charge in [-0.15, -0.1) is 0 Å². The van der Waals surface area contributed by atoms with Gasteiger partial charge in [-0.3, -0.25) is 9.59 Å². The Labute approximate surface area is 114 Å². The Bertz CT molecular complexity index is 577. The Morgan fingerprint density at radius 3 is 2.95 bits per heavy atom. The third kappa shape index (κ3) is 2.09. The van der Waals surface area contributed by atoms with Crippen LogP contribution in [0.5, 0.6) is 5.75 Å². The second kappa shape index (κ2) is 4.75. The molecular formula is C12H14N4O4. The molecule has 1 amide bonds. The zero-order chi connectivity index (χ0) is 14.3. The second-order valence-corrected chi connectivity index (χ2v) is 4.75. The summed E-state index contributed by atoms with van der Waals surface area (Å²) in [6.07, 6.45) is -0.533. The molecule has 2 heterocycles. The molecule has 6 N–H and O–H groups in total. The van der Waals surface area contributed by atoms with E-state index >= 15 is 0 Å². The van der Waals surface area contributed by atoms with Crippen LogP contribution in [-0.2, 0) is 9.59 Å². The molecule has 3 rings (SSSR count). The first-order valence-corrected chi connectivity index (χ1v) is 6.12. The van der Waals surface area contributed by atoms with Crippen LogP contribution in [0.4, 0.5) is 5.69 Å². The number of nitrogens with two attached hydrogens (primary N) is 1. The number of benzene rings is 1. The predicted molar refractivity (Wildman–Crippen MR) is 69.0 cm³/mol. The fourth-order valence-electron chi connectivity index (χ4n) is 2.50. The fraction of sp³-hybridized carbons (Fsp3) is 0.333. The first-order valence-electron chi connectivity index (χ1n) is 6.12. The first kappa shape index (κ1) is 12.9. The molecule has 3 atom stereocenters. The summed E-state index contributed by atoms with van der Waals surface area (Å²) in [4.78, 5) is 22.5. The highest BCUT2D eigenvalue weighted by atomic mass is 16.5. The molecule has 8 nitrogen and oxygen atoms in total. The van der Waals surface area contributed by atoms with E-state index in [1.54, 1.807) is 18.2 Å². The summed E-state index contributed by atoms with van der Waals surface area (Å²) in [5, 5.41) is 11.9. The number of rotatable bonds is 2. The minimum atomic E-state index is -0.992. The van der Waals surface area contributed by atoms with E-state index in [0.717, 1.165) is 0 Å². The summed E-state index contributed by atoms with van der Waals surface area (Å²) >= 11 is 0. The SMILES string of the molecule is NC1NNC(C(=O)O)C1c1ccc2c(c1)NC(=O)CO2. The predicted octanol–water partition coefficient (Wildman–Crippen LogP) is -1.05. The molecule has 1 fully saturated rings. The van der Waals surface area contributed by atoms with Crippen LogP contribution in [0.2, 0.25) is 0 Å². The number of ether oxygens (including phenoxy) is 1. The van der Waals surface area contributed by atoms with Gasteiger partial charge in [0.2, 0.25) is 0 Å². The molecule has 0 bridgehead atoms. The van der Waals surface area contributed by atoms with Crippen LogP contribution < -0.4 is 26.6 Å². The Balaban J connectivity index is 1.95. The molecule has 0 spiro atoms. The number of hydrazine groups is 1. The molecule has 0 radical (unpaired) electrons. The van der Waals surface area contributed by atoms with Gasteiger partial charge in [-0.2, -0.15) is 0 Å². The van der Waals surface area contributed by atoms with E-state index in [1.807, 2.05) is 0 Å². The molecule has 8 heteroatoms. The highest BCUT2D eigenvalue weighted by molar-refractivity contribution is 5.95. The van der Waals surface area contributed by atoms with E-state index in [1.165, 1.54) is 0 Å². The van der Waals surface area contributed by atoms with Gasteiger partial charge in [-0.1, -0.05) is 6.07 Å². The van der Waals surface area contributed by atoms with Crippen LogP contribution in [-0.4, -0.2) is 35.8 Å². The molecule has 0 saturated carbocycles. The molecule has 1 aromatic carbocycles. The van der Waals surface area contributed by atoms with Crippen LogP contribution in [0.3, 0.4) is 0 Å². The number of hydrogen-bond donors (Lipinski definition) is 5. The summed E-state index contributed by atoms with van der Waals surface area (Å²) in [5.41, 5.74) is 12.5. The first-order chi connectivity index (χ1) is 9.56. The van der Waals surface area contributed by atoms with E-state index in [-0.39, 0.29) is 12.5 Å². The maximum Gasteiger partial charge on any atom is 0.322 e. The number of hydrogen-bond acceptors (Lipinski definition) is 6. The van der Waals surface area contributed by atoms with Crippen LogP contribution in [0.1, 0.15) is 11.5 Å². The monoisotopic (exact) mass is 278 g/mol. The Morgan fingerprint density at radius 2 is 2.20 bits per heavy atom. The van der Waals surface area contributed by atoms with Crippen LogP contribution in [0, 0.1) is 0 Å². The van der Waals surface area contributed by atoms with Crippen molar-refractivity contribution >= 4 is 17.6 Å². The number of carboxylic acids is 1. The summed E-state index contributed by atoms with van der Waals surface area (Å²) in [5.74, 6) is -1.12. The molecular weight excluding hydrogens is 264 g/mol. The van der Waals surface area contributed by atoms with Crippen LogP contribution in [0.25, 0.3) is 0 Å². The number of fused-ring (bicyclic) bond motifs is 1. The summed E-state index contributed by atoms with van der Waals surface area (Å²) in [7, 11) is 0. The van der Waals surface area contributed by atoms with Crippen molar-refractivity contribution < 1.29 is 19.4 Å². The third-order valence-corrected chi connectivity index (χ3v) is 3.44. The molecule has 1 aromatic rings. The number of aliphatic carboxylic acids is 1. The number of carbonyl (C=O) groups is 2. The highest BCUT2D eigenvalue weighted by Gasteiger charge is 2.39. The lowest BCUT2D eigenvalue weighted by Crippen LogP contribution is -2.39. The van der Waals surface area contributed by atoms with E-state index in [0.29, 0.717) is 17.0 Å². The van der Waals surface area contributed by atoms with Crippen LogP contribution in [0.15, 0.2) is 18.2 Å². The summed E-state index contributed by atoms with van der Waals surface area (Å²) in [6, 6.07) is 4.32. The summed E-state index contributed by atoms with van der Waals surface area (Å²) < 4.78 is 5.26. The van der Waals surface area contributed by atoms with E-state index < -0.39 is 24.1 Å². The van der Waals surface area contributed by atoms with Gasteiger partial charge in [0.15, 0.2) is 6.61 Å². The van der Waals surface area contributed by atoms with Gasteiger partial charge >= 0.3 is 5.97 Å². The number of carboxylic acid groups (broad SMARTS) is 1. The smallest absolute Gasteiger partial charge is 0.322 e. The molecule has 2 aliphatic heterocycles. The highest BCUT2D eigenvalue weighted by Crippen LogP contribution is 2.33. The molecule has 3 unspecified atom stereocenters. The number of nitrogens with one attached hydrogen (secondary N) is 3. The van der Waals surface area contributed by atoms with Crippen molar-refractivity contribution in [1.29, 1.82) is 0 Å². The number of carbonyl (C=O) groups excluding carboxylic acids is 1. The van der Waals surface area contributed by atoms with Crippen LogP contribution >= 0.6 is 0 Å². The largest absolute Gasteiger partial charge is 0.482 e. The molecule has 20 heavy (non-hydrogen) atoms. The Hall–Kier alpha value is -2.16. The lowest BCUT2D eigenvalue weighted by molar-refractivity contribution is -0.139. The van der Waals surface area contributed by atoms with Gasteiger partial charge in [-0.25, -0.2) is 10.9 Å². The fourth-order valence-corrected chi connectivity index (χ4v) is 2.50. The Morgan fingerprint density at radius 1 is 1.40 bits per heavy atom. The van der Waals surface area contributed by atoms with Crippen molar-refractivity contribution in [2.45, 2.75) is 18.1 Å². The van der Waals surface area contributed by atoms with Crippen molar-refractivity contribution in [2.75, 3.05) is 11.9 Å². The van der Waals surface area contributed by atoms with Gasteiger partial charge < -0.3 is 20.9 Å². The number of amides is 1. The van der Waals surface area contributed by atoms with Crippen molar-refractivity contribution in [3.63, 3.8) is 0 Å². The minimum Gasteiger partial charge on any atom is -0.482 e. The third-order valence-electron chi connectivity index (χ3n) is 3.44. The second-order valence-electron chi connectivity index (χ2n) is 4.75. The van der Waals surface area contributed by atoms with Crippen molar-refractivity contribution in [2.24, 2.45) is 5.73 Å². The average molecular weight is 278 g/mol. The van der Waals surface area contributed by atoms with Crippen molar-refractivity contribution in [3.05, 3.63) is 23.8 Å². The zero-order valence-electron chi connectivity index (χ0n) is 10.4. The van der Waals surface area contributed by atoms with Gasteiger partial charge in [0.25, 0.3) is 5.91 Å². The molecule has 1 saturated heterocycles. The summed E-state index contributed by atoms with van der Waals surface area (Å²) in [6.45, 7) is -0.0177. The lowest BCUT2D eigenvalue weighted by Gasteiger charge is -2.22. The minimum absolute atomic E-state index is 0.0177. The molecule has 2 aliphatic rings.